The molecule has 184 valence electrons. The van der Waals surface area contributed by atoms with Gasteiger partial charge in [0.15, 0.2) is 11.8 Å². The van der Waals surface area contributed by atoms with Crippen LogP contribution in [0.25, 0.3) is 6.08 Å². The summed E-state index contributed by atoms with van der Waals surface area (Å²) in [4.78, 5) is 31.5. The second-order valence-electron chi connectivity index (χ2n) is 8.05. The van der Waals surface area contributed by atoms with Crippen molar-refractivity contribution < 1.29 is 19.4 Å². The van der Waals surface area contributed by atoms with E-state index in [1.54, 1.807) is 29.2 Å². The van der Waals surface area contributed by atoms with Crippen molar-refractivity contribution in [1.82, 2.24) is 0 Å². The van der Waals surface area contributed by atoms with E-state index < -0.39 is 12.6 Å². The summed E-state index contributed by atoms with van der Waals surface area (Å²) in [6.07, 6.45) is 3.55. The number of carbonyl (C=O) groups excluding carboxylic acids is 1. The zero-order chi connectivity index (χ0) is 25.7. The van der Waals surface area contributed by atoms with Gasteiger partial charge in [0.25, 0.3) is 5.91 Å². The van der Waals surface area contributed by atoms with Gasteiger partial charge in [0, 0.05) is 10.0 Å². The van der Waals surface area contributed by atoms with E-state index >= 15 is 0 Å². The SMILES string of the molecule is CCc1ccc(N=C2S/C(=C/c3cc(Br)ccc3OCC(=O)O)C(=O)N2c2ccc(CC)cc2)cc1. The minimum atomic E-state index is -1.08. The average Bonchev–Trinajstić information content (AvgIpc) is 3.18. The molecule has 0 radical (unpaired) electrons. The number of halogens is 1. The van der Waals surface area contributed by atoms with Crippen LogP contribution in [-0.2, 0) is 22.4 Å². The summed E-state index contributed by atoms with van der Waals surface area (Å²) in [5.41, 5.74) is 4.47. The average molecular weight is 565 g/mol. The molecule has 1 heterocycles. The Hall–Kier alpha value is -3.36. The molecule has 36 heavy (non-hydrogen) atoms. The maximum atomic E-state index is 13.6. The van der Waals surface area contributed by atoms with Crippen molar-refractivity contribution in [3.05, 3.63) is 92.8 Å². The third kappa shape index (κ3) is 6.06. The molecule has 4 rings (SSSR count). The highest BCUT2D eigenvalue weighted by molar-refractivity contribution is 9.10. The van der Waals surface area contributed by atoms with E-state index in [9.17, 15) is 9.59 Å². The molecule has 1 aliphatic rings. The van der Waals surface area contributed by atoms with E-state index in [4.69, 9.17) is 14.8 Å². The lowest BCUT2D eigenvalue weighted by molar-refractivity contribution is -0.139. The number of aliphatic carboxylic acids is 1. The number of amides is 1. The first-order valence-corrected chi connectivity index (χ1v) is 13.1. The molecule has 0 aliphatic carbocycles. The van der Waals surface area contributed by atoms with E-state index in [1.165, 1.54) is 22.9 Å². The van der Waals surface area contributed by atoms with Gasteiger partial charge in [-0.3, -0.25) is 9.69 Å². The van der Waals surface area contributed by atoms with E-state index in [1.807, 2.05) is 48.5 Å². The minimum absolute atomic E-state index is 0.211. The zero-order valence-corrected chi connectivity index (χ0v) is 22.3. The minimum Gasteiger partial charge on any atom is -0.481 e. The molecule has 1 N–H and O–H groups in total. The summed E-state index contributed by atoms with van der Waals surface area (Å²) in [6, 6.07) is 21.1. The summed E-state index contributed by atoms with van der Waals surface area (Å²) >= 11 is 4.71. The molecule has 0 spiro atoms. The Morgan fingerprint density at radius 1 is 1.03 bits per heavy atom. The summed E-state index contributed by atoms with van der Waals surface area (Å²) < 4.78 is 6.23. The van der Waals surface area contributed by atoms with Gasteiger partial charge in [-0.05, 0) is 84.3 Å². The summed E-state index contributed by atoms with van der Waals surface area (Å²) in [5.74, 6) is -0.911. The van der Waals surface area contributed by atoms with Gasteiger partial charge in [0.2, 0.25) is 0 Å². The number of aliphatic imine (C=N–C) groups is 1. The number of benzene rings is 3. The molecule has 1 amide bonds. The largest absolute Gasteiger partial charge is 0.481 e. The first-order valence-electron chi connectivity index (χ1n) is 11.5. The molecule has 0 bridgehead atoms. The Kier molecular flexibility index (Phi) is 8.28. The number of carboxylic acids is 1. The van der Waals surface area contributed by atoms with E-state index in [-0.39, 0.29) is 5.91 Å². The number of anilines is 1. The van der Waals surface area contributed by atoms with E-state index in [0.717, 1.165) is 28.7 Å². The van der Waals surface area contributed by atoms with Crippen LogP contribution in [0, 0.1) is 0 Å². The Morgan fingerprint density at radius 3 is 2.28 bits per heavy atom. The van der Waals surface area contributed by atoms with Crippen LogP contribution in [-0.4, -0.2) is 28.8 Å². The standard InChI is InChI=1S/C28H25BrN2O4S/c1-3-18-5-10-22(11-6-18)30-28-31(23-12-7-19(4-2)8-13-23)27(34)25(36-28)16-20-15-21(29)9-14-24(20)35-17-26(32)33/h5-16H,3-4,17H2,1-2H3,(H,32,33)/b25-16+,30-28?. The number of amidine groups is 1. The van der Waals surface area contributed by atoms with Crippen molar-refractivity contribution >= 4 is 62.2 Å². The molecular formula is C28H25BrN2O4S. The Labute approximate surface area is 222 Å². The second kappa shape index (κ2) is 11.6. The fourth-order valence-corrected chi connectivity index (χ4v) is 4.99. The number of carbonyl (C=O) groups is 2. The highest BCUT2D eigenvalue weighted by Crippen LogP contribution is 2.39. The van der Waals surface area contributed by atoms with Gasteiger partial charge in [-0.25, -0.2) is 9.79 Å². The number of hydrogen-bond acceptors (Lipinski definition) is 5. The fourth-order valence-electron chi connectivity index (χ4n) is 3.62. The fraction of sp³-hybridized carbons (Fsp3) is 0.179. The molecule has 1 fully saturated rings. The quantitative estimate of drug-likeness (QED) is 0.303. The molecule has 3 aromatic rings. The maximum Gasteiger partial charge on any atom is 0.341 e. The second-order valence-corrected chi connectivity index (χ2v) is 9.97. The molecule has 0 aromatic heterocycles. The van der Waals surface area contributed by atoms with Crippen molar-refractivity contribution in [3.63, 3.8) is 0 Å². The van der Waals surface area contributed by atoms with Crippen LogP contribution in [0.5, 0.6) is 5.75 Å². The van der Waals surface area contributed by atoms with Gasteiger partial charge in [-0.2, -0.15) is 0 Å². The summed E-state index contributed by atoms with van der Waals surface area (Å²) in [5, 5.41) is 9.57. The van der Waals surface area contributed by atoms with Crippen molar-refractivity contribution in [1.29, 1.82) is 0 Å². The maximum absolute atomic E-state index is 13.6. The Morgan fingerprint density at radius 2 is 1.67 bits per heavy atom. The molecule has 1 saturated heterocycles. The van der Waals surface area contributed by atoms with Gasteiger partial charge in [-0.15, -0.1) is 0 Å². The highest BCUT2D eigenvalue weighted by atomic mass is 79.9. The van der Waals surface area contributed by atoms with Crippen LogP contribution in [0.3, 0.4) is 0 Å². The third-order valence-electron chi connectivity index (χ3n) is 5.59. The van der Waals surface area contributed by atoms with E-state index in [0.29, 0.717) is 21.4 Å². The van der Waals surface area contributed by atoms with Crippen molar-refractivity contribution in [2.24, 2.45) is 4.99 Å². The molecule has 0 unspecified atom stereocenters. The van der Waals surface area contributed by atoms with Crippen LogP contribution in [0.15, 0.2) is 81.1 Å². The number of aryl methyl sites for hydroxylation is 2. The predicted molar refractivity (Wildman–Crippen MR) is 149 cm³/mol. The number of carboxylic acid groups (broad SMARTS) is 1. The first-order chi connectivity index (χ1) is 17.4. The van der Waals surface area contributed by atoms with Crippen LogP contribution in [0.4, 0.5) is 11.4 Å². The number of rotatable bonds is 8. The highest BCUT2D eigenvalue weighted by Gasteiger charge is 2.35. The molecule has 0 saturated carbocycles. The molecule has 3 aromatic carbocycles. The summed E-state index contributed by atoms with van der Waals surface area (Å²) in [6.45, 7) is 3.71. The first kappa shape index (κ1) is 25.7. The van der Waals surface area contributed by atoms with Crippen LogP contribution in [0.2, 0.25) is 0 Å². The molecule has 6 nitrogen and oxygen atoms in total. The topological polar surface area (TPSA) is 79.2 Å². The van der Waals surface area contributed by atoms with Gasteiger partial charge in [0.1, 0.15) is 5.75 Å². The van der Waals surface area contributed by atoms with Gasteiger partial charge in [-0.1, -0.05) is 54.0 Å². The molecule has 8 heteroatoms. The third-order valence-corrected chi connectivity index (χ3v) is 7.05. The molecule has 1 aliphatic heterocycles. The van der Waals surface area contributed by atoms with E-state index in [2.05, 4.69) is 29.8 Å². The number of hydrogen-bond donors (Lipinski definition) is 1. The normalized spacial score (nSPS) is 15.6. The van der Waals surface area contributed by atoms with Crippen molar-refractivity contribution in [3.8, 4) is 5.75 Å². The Balaban J connectivity index is 1.75. The molecular weight excluding hydrogens is 540 g/mol. The van der Waals surface area contributed by atoms with Crippen LogP contribution in [0.1, 0.15) is 30.5 Å². The van der Waals surface area contributed by atoms with Crippen molar-refractivity contribution in [2.45, 2.75) is 26.7 Å². The Bertz CT molecular complexity index is 1330. The number of ether oxygens (including phenoxy) is 1. The van der Waals surface area contributed by atoms with Crippen LogP contribution < -0.4 is 9.64 Å². The van der Waals surface area contributed by atoms with Gasteiger partial charge < -0.3 is 9.84 Å². The smallest absolute Gasteiger partial charge is 0.341 e. The summed E-state index contributed by atoms with van der Waals surface area (Å²) in [7, 11) is 0. The van der Waals surface area contributed by atoms with Gasteiger partial charge in [0.05, 0.1) is 16.3 Å². The number of nitrogens with zero attached hydrogens (tertiary/aromatic N) is 2. The van der Waals surface area contributed by atoms with Crippen molar-refractivity contribution in [2.75, 3.05) is 11.5 Å². The molecule has 0 atom stereocenters. The monoisotopic (exact) mass is 564 g/mol. The predicted octanol–water partition coefficient (Wildman–Crippen LogP) is 6.85. The number of thioether (sulfide) groups is 1. The van der Waals surface area contributed by atoms with Gasteiger partial charge >= 0.3 is 5.97 Å². The lowest BCUT2D eigenvalue weighted by Crippen LogP contribution is -2.28. The zero-order valence-electron chi connectivity index (χ0n) is 19.9. The van der Waals surface area contributed by atoms with Crippen LogP contribution >= 0.6 is 27.7 Å². The lowest BCUT2D eigenvalue weighted by Gasteiger charge is -2.16. The lowest BCUT2D eigenvalue weighted by atomic mass is 10.1.